The molecular weight excluding hydrogens is 264 g/mol. The number of carbonyl (C=O) groups is 2. The monoisotopic (exact) mass is 296 g/mol. The van der Waals surface area contributed by atoms with Gasteiger partial charge in [-0.05, 0) is 12.3 Å². The maximum absolute atomic E-state index is 11.9. The highest BCUT2D eigenvalue weighted by Gasteiger charge is 2.21. The number of likely N-dealkylation sites (N-methyl/N-ethyl adjacent to an activating group) is 1. The molecule has 1 aliphatic rings. The Bertz CT molecular complexity index is 321. The lowest BCUT2D eigenvalue weighted by molar-refractivity contribution is -0.130. The van der Waals surface area contributed by atoms with Crippen molar-refractivity contribution in [1.82, 2.24) is 10.6 Å². The Morgan fingerprint density at radius 2 is 1.67 bits per heavy atom. The van der Waals surface area contributed by atoms with Crippen LogP contribution >= 0.6 is 0 Å². The summed E-state index contributed by atoms with van der Waals surface area (Å²) < 4.78 is 0. The van der Waals surface area contributed by atoms with Crippen LogP contribution in [0.5, 0.6) is 0 Å². The number of amides is 2. The second-order valence-electron chi connectivity index (χ2n) is 6.62. The maximum atomic E-state index is 11.9. The molecule has 0 radical (unpaired) electrons. The van der Waals surface area contributed by atoms with Crippen LogP contribution in [0.3, 0.4) is 0 Å². The molecule has 1 atom stereocenters. The minimum absolute atomic E-state index is 0.0435. The highest BCUT2D eigenvalue weighted by Crippen LogP contribution is 2.27. The van der Waals surface area contributed by atoms with Gasteiger partial charge in [0, 0.05) is 13.0 Å². The van der Waals surface area contributed by atoms with Crippen molar-refractivity contribution >= 4 is 11.8 Å². The lowest BCUT2D eigenvalue weighted by Crippen LogP contribution is -2.47. The van der Waals surface area contributed by atoms with Gasteiger partial charge in [0.1, 0.15) is 6.04 Å². The van der Waals surface area contributed by atoms with Crippen LogP contribution < -0.4 is 10.6 Å². The highest BCUT2D eigenvalue weighted by molar-refractivity contribution is 5.88. The van der Waals surface area contributed by atoms with Gasteiger partial charge in [0.25, 0.3) is 0 Å². The molecular formula is C17H32N2O2. The number of nitrogens with one attached hydrogen (secondary N) is 2. The second kappa shape index (κ2) is 9.80. The van der Waals surface area contributed by atoms with Gasteiger partial charge in [-0.3, -0.25) is 9.59 Å². The molecule has 1 aliphatic carbocycles. The first-order chi connectivity index (χ1) is 10.0. The number of hydrogen-bond acceptors (Lipinski definition) is 2. The first kappa shape index (κ1) is 18.0. The molecule has 0 bridgehead atoms. The molecule has 0 spiro atoms. The topological polar surface area (TPSA) is 58.2 Å². The molecule has 1 unspecified atom stereocenters. The van der Waals surface area contributed by atoms with E-state index in [1.807, 2.05) is 13.8 Å². The second-order valence-corrected chi connectivity index (χ2v) is 6.62. The molecule has 1 rings (SSSR count). The summed E-state index contributed by atoms with van der Waals surface area (Å²) in [5.74, 6) is 0.612. The number of rotatable bonds is 7. The van der Waals surface area contributed by atoms with Crippen molar-refractivity contribution in [2.45, 2.75) is 77.7 Å². The van der Waals surface area contributed by atoms with Crippen molar-refractivity contribution in [2.75, 3.05) is 7.05 Å². The van der Waals surface area contributed by atoms with Crippen LogP contribution in [0.4, 0.5) is 0 Å². The molecule has 2 N–H and O–H groups in total. The van der Waals surface area contributed by atoms with E-state index >= 15 is 0 Å². The Kier molecular flexibility index (Phi) is 8.40. The van der Waals surface area contributed by atoms with E-state index in [9.17, 15) is 9.59 Å². The minimum atomic E-state index is -0.379. The lowest BCUT2D eigenvalue weighted by Gasteiger charge is -2.20. The predicted molar refractivity (Wildman–Crippen MR) is 85.9 cm³/mol. The van der Waals surface area contributed by atoms with Gasteiger partial charge in [0.2, 0.25) is 11.8 Å². The first-order valence-corrected chi connectivity index (χ1v) is 8.56. The van der Waals surface area contributed by atoms with Gasteiger partial charge >= 0.3 is 0 Å². The van der Waals surface area contributed by atoms with Crippen molar-refractivity contribution in [3.63, 3.8) is 0 Å². The van der Waals surface area contributed by atoms with E-state index in [2.05, 4.69) is 10.6 Å². The van der Waals surface area contributed by atoms with Crippen LogP contribution in [-0.4, -0.2) is 24.9 Å². The third kappa shape index (κ3) is 6.96. The zero-order valence-corrected chi connectivity index (χ0v) is 13.9. The van der Waals surface area contributed by atoms with Crippen molar-refractivity contribution in [1.29, 1.82) is 0 Å². The van der Waals surface area contributed by atoms with E-state index in [-0.39, 0.29) is 23.8 Å². The molecule has 1 saturated carbocycles. The van der Waals surface area contributed by atoms with Crippen molar-refractivity contribution in [3.05, 3.63) is 0 Å². The third-order valence-electron chi connectivity index (χ3n) is 4.48. The van der Waals surface area contributed by atoms with Crippen molar-refractivity contribution in [2.24, 2.45) is 11.8 Å². The molecule has 1 fully saturated rings. The number of carbonyl (C=O) groups excluding carboxylic acids is 2. The van der Waals surface area contributed by atoms with Crippen LogP contribution in [0.2, 0.25) is 0 Å². The van der Waals surface area contributed by atoms with E-state index in [0.717, 1.165) is 18.8 Å². The SMILES string of the molecule is CNC(=O)C(CCCC1CCCCCC1)NC(=O)C(C)C. The van der Waals surface area contributed by atoms with Gasteiger partial charge in [0.15, 0.2) is 0 Å². The Hall–Kier alpha value is -1.06. The fraction of sp³-hybridized carbons (Fsp3) is 0.882. The minimum Gasteiger partial charge on any atom is -0.357 e. The molecule has 122 valence electrons. The Morgan fingerprint density at radius 1 is 1.05 bits per heavy atom. The molecule has 4 heteroatoms. The van der Waals surface area contributed by atoms with Crippen LogP contribution in [0.25, 0.3) is 0 Å². The molecule has 0 aromatic rings. The molecule has 4 nitrogen and oxygen atoms in total. The van der Waals surface area contributed by atoms with Crippen molar-refractivity contribution < 1.29 is 9.59 Å². The van der Waals surface area contributed by atoms with E-state index in [0.29, 0.717) is 0 Å². The lowest BCUT2D eigenvalue weighted by atomic mass is 9.93. The zero-order valence-electron chi connectivity index (χ0n) is 13.9. The molecule has 0 saturated heterocycles. The van der Waals surface area contributed by atoms with Gasteiger partial charge in [-0.25, -0.2) is 0 Å². The largest absolute Gasteiger partial charge is 0.357 e. The summed E-state index contributed by atoms with van der Waals surface area (Å²) in [5.41, 5.74) is 0. The smallest absolute Gasteiger partial charge is 0.242 e. The molecule has 0 heterocycles. The molecule has 21 heavy (non-hydrogen) atoms. The Morgan fingerprint density at radius 3 is 2.19 bits per heavy atom. The van der Waals surface area contributed by atoms with Gasteiger partial charge in [-0.2, -0.15) is 0 Å². The van der Waals surface area contributed by atoms with Crippen molar-refractivity contribution in [3.8, 4) is 0 Å². The van der Waals surface area contributed by atoms with Crippen LogP contribution in [-0.2, 0) is 9.59 Å². The fourth-order valence-electron chi connectivity index (χ4n) is 3.04. The Labute approximate surface area is 129 Å². The Balaban J connectivity index is 2.38. The summed E-state index contributed by atoms with van der Waals surface area (Å²) in [6.07, 6.45) is 11.1. The maximum Gasteiger partial charge on any atom is 0.242 e. The average Bonchev–Trinajstić information content (AvgIpc) is 2.73. The van der Waals surface area contributed by atoms with Crippen LogP contribution in [0.15, 0.2) is 0 Å². The molecule has 2 amide bonds. The number of hydrogen-bond donors (Lipinski definition) is 2. The molecule has 0 aromatic carbocycles. The summed E-state index contributed by atoms with van der Waals surface area (Å²) in [6.45, 7) is 3.70. The first-order valence-electron chi connectivity index (χ1n) is 8.56. The zero-order chi connectivity index (χ0) is 15.7. The van der Waals surface area contributed by atoms with Gasteiger partial charge in [-0.15, -0.1) is 0 Å². The van der Waals surface area contributed by atoms with E-state index < -0.39 is 0 Å². The third-order valence-corrected chi connectivity index (χ3v) is 4.48. The summed E-state index contributed by atoms with van der Waals surface area (Å²) in [4.78, 5) is 23.7. The highest BCUT2D eigenvalue weighted by atomic mass is 16.2. The van der Waals surface area contributed by atoms with Gasteiger partial charge in [-0.1, -0.05) is 65.2 Å². The summed E-state index contributed by atoms with van der Waals surface area (Å²) in [5, 5.41) is 5.52. The van der Waals surface area contributed by atoms with E-state index in [1.54, 1.807) is 7.05 Å². The standard InChI is InChI=1S/C17H32N2O2/c1-13(2)16(20)19-15(17(21)18-3)12-8-11-14-9-6-4-5-7-10-14/h13-15H,4-12H2,1-3H3,(H,18,21)(H,19,20). The van der Waals surface area contributed by atoms with Crippen LogP contribution in [0, 0.1) is 11.8 Å². The predicted octanol–water partition coefficient (Wildman–Crippen LogP) is 3.01. The fourth-order valence-corrected chi connectivity index (χ4v) is 3.04. The quantitative estimate of drug-likeness (QED) is 0.710. The van der Waals surface area contributed by atoms with E-state index in [4.69, 9.17) is 0 Å². The summed E-state index contributed by atoms with van der Waals surface area (Å²) >= 11 is 0. The van der Waals surface area contributed by atoms with E-state index in [1.165, 1.54) is 44.9 Å². The normalized spacial score (nSPS) is 18.1. The summed E-state index contributed by atoms with van der Waals surface area (Å²) in [7, 11) is 1.63. The molecule has 0 aromatic heterocycles. The summed E-state index contributed by atoms with van der Waals surface area (Å²) in [6, 6.07) is -0.379. The van der Waals surface area contributed by atoms with Gasteiger partial charge in [0.05, 0.1) is 0 Å². The van der Waals surface area contributed by atoms with Crippen LogP contribution in [0.1, 0.15) is 71.6 Å². The molecule has 0 aliphatic heterocycles. The average molecular weight is 296 g/mol. The van der Waals surface area contributed by atoms with Gasteiger partial charge < -0.3 is 10.6 Å².